The summed E-state index contributed by atoms with van der Waals surface area (Å²) in [7, 11) is 0. The summed E-state index contributed by atoms with van der Waals surface area (Å²) in [5.41, 5.74) is 0.887. The summed E-state index contributed by atoms with van der Waals surface area (Å²) in [5, 5.41) is 8.12. The molecule has 0 aromatic rings. The second-order valence-corrected chi connectivity index (χ2v) is 1.45. The largest absolute Gasteiger partial charge is 0.516 e. The maximum atomic E-state index is 8.12. The van der Waals surface area contributed by atoms with Crippen molar-refractivity contribution in [1.82, 2.24) is 0 Å². The third-order valence-electron chi connectivity index (χ3n) is 0.470. The number of aliphatic hydroxyl groups excluding tert-OH is 1. The molecule has 0 aliphatic rings. The lowest BCUT2D eigenvalue weighted by Gasteiger charge is -1.83. The highest BCUT2D eigenvalue weighted by Gasteiger charge is 1.76. The van der Waals surface area contributed by atoms with E-state index in [0.717, 1.165) is 11.8 Å². The maximum absolute atomic E-state index is 8.12. The molecule has 0 atom stereocenters. The van der Waals surface area contributed by atoms with Gasteiger partial charge in [0.1, 0.15) is 0 Å². The molecule has 0 aromatic heterocycles. The molecule has 0 aliphatic carbocycles. The van der Waals surface area contributed by atoms with E-state index < -0.39 is 0 Å². The van der Waals surface area contributed by atoms with Crippen molar-refractivity contribution < 1.29 is 5.11 Å². The van der Waals surface area contributed by atoms with Crippen LogP contribution in [0.2, 0.25) is 0 Å². The van der Waals surface area contributed by atoms with Gasteiger partial charge in [-0.05, 0) is 12.5 Å². The zero-order valence-corrected chi connectivity index (χ0v) is 4.57. The van der Waals surface area contributed by atoms with Crippen LogP contribution >= 0.6 is 12.6 Å². The summed E-state index contributed by atoms with van der Waals surface area (Å²) in [4.78, 5) is 0. The molecule has 0 heterocycles. The van der Waals surface area contributed by atoms with Crippen LogP contribution in [0.4, 0.5) is 0 Å². The van der Waals surface area contributed by atoms with E-state index in [1.807, 2.05) is 6.92 Å². The monoisotopic (exact) mass is 104 g/mol. The first-order valence-corrected chi connectivity index (χ1v) is 2.35. The second-order valence-electron chi connectivity index (χ2n) is 1.13. The first-order chi connectivity index (χ1) is 2.81. The molecule has 2 heteroatoms. The molecule has 0 spiro atoms. The van der Waals surface area contributed by atoms with Gasteiger partial charge in [0.2, 0.25) is 0 Å². The zero-order valence-electron chi connectivity index (χ0n) is 3.68. The molecule has 0 saturated heterocycles. The van der Waals surface area contributed by atoms with Crippen LogP contribution < -0.4 is 0 Å². The van der Waals surface area contributed by atoms with Crippen LogP contribution in [0.25, 0.3) is 0 Å². The summed E-state index contributed by atoms with van der Waals surface area (Å²) in [6, 6.07) is 0. The van der Waals surface area contributed by atoms with Gasteiger partial charge in [0.15, 0.2) is 0 Å². The van der Waals surface area contributed by atoms with Gasteiger partial charge in [0, 0.05) is 5.75 Å². The fourth-order valence-electron chi connectivity index (χ4n) is 0.0408. The Morgan fingerprint density at radius 1 is 2.00 bits per heavy atom. The number of thiol groups is 1. The van der Waals surface area contributed by atoms with Crippen LogP contribution in [0.3, 0.4) is 0 Å². The van der Waals surface area contributed by atoms with Gasteiger partial charge in [-0.3, -0.25) is 0 Å². The molecular formula is C4H8OS. The van der Waals surface area contributed by atoms with Gasteiger partial charge in [-0.15, -0.1) is 0 Å². The molecular weight excluding hydrogens is 96.1 g/mol. The lowest BCUT2D eigenvalue weighted by Crippen LogP contribution is -1.72. The van der Waals surface area contributed by atoms with Gasteiger partial charge < -0.3 is 5.11 Å². The van der Waals surface area contributed by atoms with Crippen LogP contribution in [-0.4, -0.2) is 10.9 Å². The van der Waals surface area contributed by atoms with Gasteiger partial charge in [-0.1, -0.05) is 0 Å². The Morgan fingerprint density at radius 3 is 2.50 bits per heavy atom. The third-order valence-corrected chi connectivity index (χ3v) is 0.969. The molecule has 0 fully saturated rings. The van der Waals surface area contributed by atoms with E-state index in [2.05, 4.69) is 12.6 Å². The van der Waals surface area contributed by atoms with E-state index in [4.69, 9.17) is 5.11 Å². The molecule has 0 amide bonds. The summed E-state index contributed by atoms with van der Waals surface area (Å²) in [6.07, 6.45) is 1.06. The molecule has 36 valence electrons. The molecule has 1 N–H and O–H groups in total. The minimum absolute atomic E-state index is 0.635. The highest BCUT2D eigenvalue weighted by molar-refractivity contribution is 7.80. The van der Waals surface area contributed by atoms with Crippen molar-refractivity contribution in [3.63, 3.8) is 0 Å². The van der Waals surface area contributed by atoms with Crippen molar-refractivity contribution in [3.05, 3.63) is 11.8 Å². The number of hydrogen-bond donors (Lipinski definition) is 2. The number of aliphatic hydroxyl groups is 1. The topological polar surface area (TPSA) is 20.2 Å². The number of hydrogen-bond acceptors (Lipinski definition) is 2. The molecule has 6 heavy (non-hydrogen) atoms. The van der Waals surface area contributed by atoms with Crippen LogP contribution in [-0.2, 0) is 0 Å². The first-order valence-electron chi connectivity index (χ1n) is 1.72. The van der Waals surface area contributed by atoms with Crippen molar-refractivity contribution >= 4 is 12.6 Å². The first kappa shape index (κ1) is 5.89. The van der Waals surface area contributed by atoms with Gasteiger partial charge >= 0.3 is 0 Å². The van der Waals surface area contributed by atoms with Crippen LogP contribution in [0, 0.1) is 0 Å². The van der Waals surface area contributed by atoms with Crippen molar-refractivity contribution in [2.75, 3.05) is 5.75 Å². The number of rotatable bonds is 1. The predicted molar refractivity (Wildman–Crippen MR) is 30.2 cm³/mol. The van der Waals surface area contributed by atoms with Crippen LogP contribution in [0.1, 0.15) is 6.92 Å². The lowest BCUT2D eigenvalue weighted by atomic mass is 10.4. The van der Waals surface area contributed by atoms with E-state index in [-0.39, 0.29) is 0 Å². The Bertz CT molecular complexity index is 58.6. The zero-order chi connectivity index (χ0) is 4.99. The van der Waals surface area contributed by atoms with E-state index in [0.29, 0.717) is 5.75 Å². The standard InChI is InChI=1S/C4H8OS/c1-4(2-5)3-6/h2,5-6H,3H2,1H3. The van der Waals surface area contributed by atoms with Gasteiger partial charge in [0.25, 0.3) is 0 Å². The molecule has 0 saturated carbocycles. The highest BCUT2D eigenvalue weighted by Crippen LogP contribution is 1.89. The fraction of sp³-hybridized carbons (Fsp3) is 0.500. The molecule has 1 nitrogen and oxygen atoms in total. The smallest absolute Gasteiger partial charge is 0.0789 e. The Morgan fingerprint density at radius 2 is 2.50 bits per heavy atom. The molecule has 0 radical (unpaired) electrons. The summed E-state index contributed by atoms with van der Waals surface area (Å²) < 4.78 is 0. The average Bonchev–Trinajstić information content (AvgIpc) is 1.65. The van der Waals surface area contributed by atoms with Gasteiger partial charge in [-0.2, -0.15) is 12.6 Å². The van der Waals surface area contributed by atoms with E-state index in [9.17, 15) is 0 Å². The second kappa shape index (κ2) is 3.09. The van der Waals surface area contributed by atoms with Crippen LogP contribution in [0.5, 0.6) is 0 Å². The normalized spacial score (nSPS) is 12.0. The summed E-state index contributed by atoms with van der Waals surface area (Å²) in [5.74, 6) is 0.635. The Balaban J connectivity index is 3.22. The molecule has 0 aromatic carbocycles. The molecule has 0 bridgehead atoms. The average molecular weight is 104 g/mol. The third kappa shape index (κ3) is 2.15. The van der Waals surface area contributed by atoms with Gasteiger partial charge in [0.05, 0.1) is 6.26 Å². The predicted octanol–water partition coefficient (Wildman–Crippen LogP) is 1.38. The lowest BCUT2D eigenvalue weighted by molar-refractivity contribution is 0.468. The minimum Gasteiger partial charge on any atom is -0.516 e. The van der Waals surface area contributed by atoms with Crippen molar-refractivity contribution in [2.24, 2.45) is 0 Å². The van der Waals surface area contributed by atoms with Gasteiger partial charge in [-0.25, -0.2) is 0 Å². The molecule has 0 aliphatic heterocycles. The van der Waals surface area contributed by atoms with E-state index in [1.165, 1.54) is 0 Å². The van der Waals surface area contributed by atoms with Crippen molar-refractivity contribution in [3.8, 4) is 0 Å². The quantitative estimate of drug-likeness (QED) is 0.380. The van der Waals surface area contributed by atoms with Crippen molar-refractivity contribution in [1.29, 1.82) is 0 Å². The van der Waals surface area contributed by atoms with E-state index >= 15 is 0 Å². The van der Waals surface area contributed by atoms with Crippen molar-refractivity contribution in [2.45, 2.75) is 6.92 Å². The Kier molecular flexibility index (Phi) is 3.04. The van der Waals surface area contributed by atoms with E-state index in [1.54, 1.807) is 0 Å². The molecule has 0 rings (SSSR count). The minimum atomic E-state index is 0.635. The SMILES string of the molecule is CC(=CO)CS. The Labute approximate surface area is 43.1 Å². The fourth-order valence-corrected chi connectivity index (χ4v) is 0.122. The highest BCUT2D eigenvalue weighted by atomic mass is 32.1. The summed E-state index contributed by atoms with van der Waals surface area (Å²) in [6.45, 7) is 1.81. The van der Waals surface area contributed by atoms with Crippen LogP contribution in [0.15, 0.2) is 11.8 Å². The molecule has 0 unspecified atom stereocenters. The summed E-state index contributed by atoms with van der Waals surface area (Å²) >= 11 is 3.87. The Hall–Kier alpha value is -0.110. The maximum Gasteiger partial charge on any atom is 0.0789 e.